The van der Waals surface area contributed by atoms with E-state index < -0.39 is 15.9 Å². The average Bonchev–Trinajstić information content (AvgIpc) is 2.50. The van der Waals surface area contributed by atoms with Crippen LogP contribution in [0.3, 0.4) is 0 Å². The van der Waals surface area contributed by atoms with Crippen LogP contribution in [0.15, 0.2) is 42.7 Å². The van der Waals surface area contributed by atoms with Gasteiger partial charge in [-0.2, -0.15) is 4.31 Å². The molecule has 0 fully saturated rings. The summed E-state index contributed by atoms with van der Waals surface area (Å²) in [5.74, 6) is -0.479. The van der Waals surface area contributed by atoms with Crippen molar-refractivity contribution in [2.45, 2.75) is 6.54 Å². The number of aromatic nitrogens is 1. The fraction of sp³-hybridized carbons (Fsp3) is 0.200. The summed E-state index contributed by atoms with van der Waals surface area (Å²) in [5, 5.41) is 3.26. The van der Waals surface area contributed by atoms with Gasteiger partial charge in [-0.25, -0.2) is 8.42 Å². The minimum atomic E-state index is -3.56. The smallest absolute Gasteiger partial charge is 0.239 e. The highest BCUT2D eigenvalue weighted by Gasteiger charge is 2.20. The monoisotopic (exact) mass is 387 g/mol. The van der Waals surface area contributed by atoms with Crippen LogP contribution < -0.4 is 5.32 Å². The molecule has 1 heterocycles. The van der Waals surface area contributed by atoms with Crippen LogP contribution >= 0.6 is 23.2 Å². The topological polar surface area (TPSA) is 79.4 Å². The quantitative estimate of drug-likeness (QED) is 0.826. The Balaban J connectivity index is 2.08. The largest absolute Gasteiger partial charge is 0.325 e. The van der Waals surface area contributed by atoms with Crippen molar-refractivity contribution in [2.75, 3.05) is 18.1 Å². The van der Waals surface area contributed by atoms with Crippen molar-refractivity contribution < 1.29 is 13.2 Å². The highest BCUT2D eigenvalue weighted by atomic mass is 35.5. The Morgan fingerprint density at radius 1 is 1.17 bits per heavy atom. The van der Waals surface area contributed by atoms with E-state index in [1.807, 2.05) is 0 Å². The van der Waals surface area contributed by atoms with Crippen molar-refractivity contribution >= 4 is 44.8 Å². The molecule has 1 aromatic heterocycles. The summed E-state index contributed by atoms with van der Waals surface area (Å²) in [6.45, 7) is -0.239. The van der Waals surface area contributed by atoms with E-state index in [2.05, 4.69) is 10.3 Å². The van der Waals surface area contributed by atoms with E-state index in [0.29, 0.717) is 15.7 Å². The molecule has 9 heteroatoms. The molecule has 24 heavy (non-hydrogen) atoms. The van der Waals surface area contributed by atoms with Crippen LogP contribution in [0, 0.1) is 0 Å². The van der Waals surface area contributed by atoms with Gasteiger partial charge < -0.3 is 5.32 Å². The standard InChI is InChI=1S/C15H15Cl2N3O3S/c1-24(22,23)20(9-11-4-6-18-7-5-11)10-15(21)19-12-2-3-13(16)14(17)8-12/h2-8H,9-10H2,1H3,(H,19,21). The molecular formula is C15H15Cl2N3O3S. The Morgan fingerprint density at radius 3 is 2.42 bits per heavy atom. The van der Waals surface area contributed by atoms with Gasteiger partial charge in [-0.15, -0.1) is 0 Å². The van der Waals surface area contributed by atoms with E-state index in [4.69, 9.17) is 23.2 Å². The van der Waals surface area contributed by atoms with Gasteiger partial charge in [-0.05, 0) is 35.9 Å². The predicted octanol–water partition coefficient (Wildman–Crippen LogP) is 2.79. The second-order valence-electron chi connectivity index (χ2n) is 5.06. The van der Waals surface area contributed by atoms with Gasteiger partial charge in [0.15, 0.2) is 0 Å². The van der Waals surface area contributed by atoms with Crippen LogP contribution in [0.5, 0.6) is 0 Å². The van der Waals surface area contributed by atoms with Crippen molar-refractivity contribution in [3.05, 3.63) is 58.3 Å². The fourth-order valence-corrected chi connectivity index (χ4v) is 2.95. The highest BCUT2D eigenvalue weighted by molar-refractivity contribution is 7.88. The molecule has 0 spiro atoms. The van der Waals surface area contributed by atoms with Crippen molar-refractivity contribution in [1.82, 2.24) is 9.29 Å². The Bertz CT molecular complexity index is 829. The lowest BCUT2D eigenvalue weighted by molar-refractivity contribution is -0.116. The number of halogens is 2. The molecule has 0 atom stereocenters. The maximum absolute atomic E-state index is 12.2. The number of pyridine rings is 1. The summed E-state index contributed by atoms with van der Waals surface area (Å²) >= 11 is 11.7. The third kappa shape index (κ3) is 5.45. The molecule has 0 saturated heterocycles. The van der Waals surface area contributed by atoms with Crippen LogP contribution in [-0.2, 0) is 21.4 Å². The van der Waals surface area contributed by atoms with Crippen LogP contribution in [0.1, 0.15) is 5.56 Å². The molecule has 0 bridgehead atoms. The minimum absolute atomic E-state index is 0.0795. The SMILES string of the molecule is CS(=O)(=O)N(CC(=O)Nc1ccc(Cl)c(Cl)c1)Cc1ccncc1. The first-order valence-corrected chi connectivity index (χ1v) is 9.45. The molecule has 128 valence electrons. The van der Waals surface area contributed by atoms with E-state index in [0.717, 1.165) is 16.1 Å². The van der Waals surface area contributed by atoms with Gasteiger partial charge in [-0.1, -0.05) is 23.2 Å². The molecule has 6 nitrogen and oxygen atoms in total. The van der Waals surface area contributed by atoms with Gasteiger partial charge in [-0.3, -0.25) is 9.78 Å². The molecule has 0 unspecified atom stereocenters. The molecule has 1 amide bonds. The van der Waals surface area contributed by atoms with Crippen LogP contribution in [0.25, 0.3) is 0 Å². The number of nitrogens with zero attached hydrogens (tertiary/aromatic N) is 2. The summed E-state index contributed by atoms with van der Waals surface area (Å²) in [4.78, 5) is 16.0. The van der Waals surface area contributed by atoms with Crippen molar-refractivity contribution in [2.24, 2.45) is 0 Å². The molecule has 1 N–H and O–H groups in total. The molecule has 1 aromatic carbocycles. The lowest BCUT2D eigenvalue weighted by atomic mass is 10.2. The first-order chi connectivity index (χ1) is 11.3. The van der Waals surface area contributed by atoms with Gasteiger partial charge in [0.05, 0.1) is 22.8 Å². The number of amides is 1. The number of carbonyl (C=O) groups excluding carboxylic acids is 1. The first kappa shape index (κ1) is 18.7. The Morgan fingerprint density at radius 2 is 1.83 bits per heavy atom. The normalized spacial score (nSPS) is 11.5. The number of hydrogen-bond acceptors (Lipinski definition) is 4. The molecule has 0 radical (unpaired) electrons. The summed E-state index contributed by atoms with van der Waals surface area (Å²) in [6, 6.07) is 8.00. The van der Waals surface area contributed by atoms with Crippen molar-refractivity contribution in [1.29, 1.82) is 0 Å². The number of sulfonamides is 1. The van der Waals surface area contributed by atoms with Gasteiger partial charge in [0.25, 0.3) is 0 Å². The molecule has 0 aliphatic heterocycles. The second kappa shape index (κ2) is 7.94. The summed E-state index contributed by atoms with van der Waals surface area (Å²) in [5.41, 5.74) is 1.17. The Labute approximate surface area is 150 Å². The van der Waals surface area contributed by atoms with E-state index >= 15 is 0 Å². The number of carbonyl (C=O) groups is 1. The van der Waals surface area contributed by atoms with Gasteiger partial charge in [0, 0.05) is 24.6 Å². The maximum atomic E-state index is 12.2. The molecule has 0 saturated carbocycles. The van der Waals surface area contributed by atoms with E-state index in [-0.39, 0.29) is 13.1 Å². The number of rotatable bonds is 6. The average molecular weight is 388 g/mol. The third-order valence-corrected chi connectivity index (χ3v) is 5.04. The number of benzene rings is 1. The molecule has 0 aliphatic rings. The molecule has 2 rings (SSSR count). The minimum Gasteiger partial charge on any atom is -0.325 e. The van der Waals surface area contributed by atoms with Crippen LogP contribution in [0.4, 0.5) is 5.69 Å². The zero-order chi connectivity index (χ0) is 17.7. The number of nitrogens with one attached hydrogen (secondary N) is 1. The van der Waals surface area contributed by atoms with Gasteiger partial charge in [0.2, 0.25) is 15.9 Å². The van der Waals surface area contributed by atoms with Gasteiger partial charge in [0.1, 0.15) is 0 Å². The molecular weight excluding hydrogens is 373 g/mol. The van der Waals surface area contributed by atoms with Crippen molar-refractivity contribution in [3.63, 3.8) is 0 Å². The predicted molar refractivity (Wildman–Crippen MR) is 94.6 cm³/mol. The first-order valence-electron chi connectivity index (χ1n) is 6.84. The fourth-order valence-electron chi connectivity index (χ4n) is 1.92. The van der Waals surface area contributed by atoms with Crippen molar-refractivity contribution in [3.8, 4) is 0 Å². The molecule has 0 aliphatic carbocycles. The summed E-state index contributed by atoms with van der Waals surface area (Å²) in [6.07, 6.45) is 4.18. The zero-order valence-electron chi connectivity index (χ0n) is 12.7. The number of anilines is 1. The second-order valence-corrected chi connectivity index (χ2v) is 7.86. The van der Waals surface area contributed by atoms with Crippen LogP contribution in [0.2, 0.25) is 10.0 Å². The lowest BCUT2D eigenvalue weighted by Gasteiger charge is -2.19. The van der Waals surface area contributed by atoms with E-state index in [1.165, 1.54) is 6.07 Å². The van der Waals surface area contributed by atoms with E-state index in [1.54, 1.807) is 36.7 Å². The van der Waals surface area contributed by atoms with Crippen LogP contribution in [-0.4, -0.2) is 36.4 Å². The molecule has 2 aromatic rings. The highest BCUT2D eigenvalue weighted by Crippen LogP contribution is 2.25. The summed E-state index contributed by atoms with van der Waals surface area (Å²) in [7, 11) is -3.56. The van der Waals surface area contributed by atoms with E-state index in [9.17, 15) is 13.2 Å². The number of hydrogen-bond donors (Lipinski definition) is 1. The zero-order valence-corrected chi connectivity index (χ0v) is 15.1. The Kier molecular flexibility index (Phi) is 6.17. The lowest BCUT2D eigenvalue weighted by Crippen LogP contribution is -2.36. The van der Waals surface area contributed by atoms with Gasteiger partial charge >= 0.3 is 0 Å². The Hall–Kier alpha value is -1.67. The summed E-state index contributed by atoms with van der Waals surface area (Å²) < 4.78 is 24.9. The third-order valence-electron chi connectivity index (χ3n) is 3.10. The maximum Gasteiger partial charge on any atom is 0.239 e.